The number of nitrogens with zero attached hydrogens (tertiary/aromatic N) is 2. The van der Waals surface area contributed by atoms with Crippen LogP contribution in [-0.2, 0) is 14.3 Å². The molecule has 2 heterocycles. The second-order valence-corrected chi connectivity index (χ2v) is 7.33. The summed E-state index contributed by atoms with van der Waals surface area (Å²) in [7, 11) is 0. The molecule has 156 valence electrons. The Morgan fingerprint density at radius 1 is 1.00 bits per heavy atom. The van der Waals surface area contributed by atoms with Crippen molar-refractivity contribution < 1.29 is 23.8 Å². The number of hydrogen-bond acceptors (Lipinski definition) is 5. The second kappa shape index (κ2) is 8.77. The van der Waals surface area contributed by atoms with Crippen molar-refractivity contribution in [2.24, 2.45) is 0 Å². The zero-order chi connectivity index (χ0) is 21.1. The lowest BCUT2D eigenvalue weighted by Crippen LogP contribution is -2.42. The van der Waals surface area contributed by atoms with E-state index >= 15 is 0 Å². The molecule has 0 radical (unpaired) electrons. The summed E-state index contributed by atoms with van der Waals surface area (Å²) in [6.45, 7) is 3.48. The SMILES string of the molecule is O=C1C(=O)N(CCN2CCOCC2)[C@H](c2ccccc2F)C1=C(O)c1ccccc1. The van der Waals surface area contributed by atoms with Crippen molar-refractivity contribution in [3.8, 4) is 0 Å². The van der Waals surface area contributed by atoms with E-state index in [9.17, 15) is 19.1 Å². The van der Waals surface area contributed by atoms with Crippen molar-refractivity contribution in [2.75, 3.05) is 39.4 Å². The summed E-state index contributed by atoms with van der Waals surface area (Å²) in [5.41, 5.74) is 0.513. The van der Waals surface area contributed by atoms with Crippen LogP contribution in [-0.4, -0.2) is 66.0 Å². The largest absolute Gasteiger partial charge is 0.507 e. The number of carbonyl (C=O) groups is 2. The predicted molar refractivity (Wildman–Crippen MR) is 109 cm³/mol. The average molecular weight is 410 g/mol. The second-order valence-electron chi connectivity index (χ2n) is 7.33. The Morgan fingerprint density at radius 2 is 1.67 bits per heavy atom. The van der Waals surface area contributed by atoms with Crippen molar-refractivity contribution in [3.63, 3.8) is 0 Å². The number of hydrogen-bond donors (Lipinski definition) is 1. The zero-order valence-corrected chi connectivity index (χ0v) is 16.5. The average Bonchev–Trinajstić information content (AvgIpc) is 3.03. The van der Waals surface area contributed by atoms with Gasteiger partial charge in [-0.25, -0.2) is 4.39 Å². The first-order valence-corrected chi connectivity index (χ1v) is 9.96. The Balaban J connectivity index is 1.74. The number of carbonyl (C=O) groups excluding carboxylic acids is 2. The maximum atomic E-state index is 14.7. The summed E-state index contributed by atoms with van der Waals surface area (Å²) in [4.78, 5) is 29.3. The Morgan fingerprint density at radius 3 is 2.37 bits per heavy atom. The molecule has 0 saturated carbocycles. The monoisotopic (exact) mass is 410 g/mol. The molecule has 2 aromatic carbocycles. The lowest BCUT2D eigenvalue weighted by atomic mass is 9.95. The third-order valence-electron chi connectivity index (χ3n) is 5.55. The highest BCUT2D eigenvalue weighted by atomic mass is 19.1. The number of ether oxygens (including phenoxy) is 1. The Bertz CT molecular complexity index is 970. The number of amides is 1. The molecule has 1 atom stereocenters. The maximum absolute atomic E-state index is 14.7. The Kier molecular flexibility index (Phi) is 5.92. The molecule has 0 aromatic heterocycles. The Hall–Kier alpha value is -3.03. The van der Waals surface area contributed by atoms with E-state index in [0.29, 0.717) is 25.3 Å². The van der Waals surface area contributed by atoms with Crippen molar-refractivity contribution in [2.45, 2.75) is 6.04 Å². The molecule has 0 unspecified atom stereocenters. The normalized spacial score (nSPS) is 21.9. The van der Waals surface area contributed by atoms with Gasteiger partial charge in [0.25, 0.3) is 11.7 Å². The fraction of sp³-hybridized carbons (Fsp3) is 0.304. The molecular weight excluding hydrogens is 387 g/mol. The van der Waals surface area contributed by atoms with Crippen LogP contribution >= 0.6 is 0 Å². The molecule has 30 heavy (non-hydrogen) atoms. The van der Waals surface area contributed by atoms with Gasteiger partial charge in [-0.15, -0.1) is 0 Å². The van der Waals surface area contributed by atoms with E-state index in [0.717, 1.165) is 13.1 Å². The lowest BCUT2D eigenvalue weighted by Gasteiger charge is -2.31. The van der Waals surface area contributed by atoms with Gasteiger partial charge in [-0.1, -0.05) is 48.5 Å². The highest BCUT2D eigenvalue weighted by molar-refractivity contribution is 6.46. The molecule has 2 aliphatic rings. The van der Waals surface area contributed by atoms with Gasteiger partial charge in [-0.05, 0) is 6.07 Å². The van der Waals surface area contributed by atoms with Gasteiger partial charge in [0.05, 0.1) is 24.8 Å². The minimum Gasteiger partial charge on any atom is -0.507 e. The molecule has 0 bridgehead atoms. The van der Waals surface area contributed by atoms with E-state index in [1.165, 1.54) is 11.0 Å². The van der Waals surface area contributed by atoms with Gasteiger partial charge in [0.15, 0.2) is 0 Å². The molecule has 2 aromatic rings. The number of ketones is 1. The van der Waals surface area contributed by atoms with Crippen LogP contribution in [0.5, 0.6) is 0 Å². The number of benzene rings is 2. The Labute approximate surface area is 174 Å². The lowest BCUT2D eigenvalue weighted by molar-refractivity contribution is -0.140. The van der Waals surface area contributed by atoms with Gasteiger partial charge in [0.2, 0.25) is 0 Å². The van der Waals surface area contributed by atoms with Crippen molar-refractivity contribution in [1.29, 1.82) is 0 Å². The number of aliphatic hydroxyl groups excluding tert-OH is 1. The van der Waals surface area contributed by atoms with E-state index in [1.807, 2.05) is 0 Å². The number of Topliss-reactive ketones (excluding diaryl/α,β-unsaturated/α-hetero) is 1. The summed E-state index contributed by atoms with van der Waals surface area (Å²) in [6, 6.07) is 13.6. The zero-order valence-electron chi connectivity index (χ0n) is 16.5. The van der Waals surface area contributed by atoms with Crippen molar-refractivity contribution in [1.82, 2.24) is 9.80 Å². The molecule has 2 aliphatic heterocycles. The predicted octanol–water partition coefficient (Wildman–Crippen LogP) is 2.58. The van der Waals surface area contributed by atoms with Gasteiger partial charge in [-0.2, -0.15) is 0 Å². The number of halogens is 1. The fourth-order valence-corrected chi connectivity index (χ4v) is 3.96. The van der Waals surface area contributed by atoms with Crippen LogP contribution in [0.4, 0.5) is 4.39 Å². The summed E-state index contributed by atoms with van der Waals surface area (Å²) in [6.07, 6.45) is 0. The first-order valence-electron chi connectivity index (χ1n) is 9.96. The fourth-order valence-electron chi connectivity index (χ4n) is 3.96. The van der Waals surface area contributed by atoms with Crippen molar-refractivity contribution in [3.05, 3.63) is 77.1 Å². The standard InChI is InChI=1S/C23H23FN2O4/c24-18-9-5-4-8-17(18)20-19(21(27)16-6-2-1-3-7-16)22(28)23(29)26(20)11-10-25-12-14-30-15-13-25/h1-9,20,27H,10-15H2/t20-/m1/s1. The summed E-state index contributed by atoms with van der Waals surface area (Å²) >= 11 is 0. The van der Waals surface area contributed by atoms with Gasteiger partial charge >= 0.3 is 0 Å². The van der Waals surface area contributed by atoms with Crippen LogP contribution < -0.4 is 0 Å². The smallest absolute Gasteiger partial charge is 0.295 e. The summed E-state index contributed by atoms with van der Waals surface area (Å²) in [5.74, 6) is -2.35. The first-order chi connectivity index (χ1) is 14.6. The van der Waals surface area contributed by atoms with Crippen LogP contribution in [0.25, 0.3) is 5.76 Å². The maximum Gasteiger partial charge on any atom is 0.295 e. The van der Waals surface area contributed by atoms with E-state index in [2.05, 4.69) is 4.90 Å². The molecular formula is C23H23FN2O4. The topological polar surface area (TPSA) is 70.1 Å². The number of likely N-dealkylation sites (tertiary alicyclic amines) is 1. The minimum absolute atomic E-state index is 0.0849. The van der Waals surface area contributed by atoms with Crippen LogP contribution in [0.1, 0.15) is 17.2 Å². The van der Waals surface area contributed by atoms with E-state index < -0.39 is 23.5 Å². The van der Waals surface area contributed by atoms with Crippen molar-refractivity contribution >= 4 is 17.4 Å². The summed E-state index contributed by atoms with van der Waals surface area (Å²) in [5, 5.41) is 10.9. The van der Waals surface area contributed by atoms with E-state index in [-0.39, 0.29) is 23.4 Å². The molecule has 6 nitrogen and oxygen atoms in total. The molecule has 7 heteroatoms. The molecule has 1 N–H and O–H groups in total. The van der Waals surface area contributed by atoms with Gasteiger partial charge in [0.1, 0.15) is 11.6 Å². The van der Waals surface area contributed by atoms with Gasteiger partial charge in [-0.3, -0.25) is 14.5 Å². The third-order valence-corrected chi connectivity index (χ3v) is 5.55. The molecule has 0 spiro atoms. The molecule has 0 aliphatic carbocycles. The molecule has 4 rings (SSSR count). The first kappa shape index (κ1) is 20.3. The van der Waals surface area contributed by atoms with Crippen LogP contribution in [0.15, 0.2) is 60.2 Å². The summed E-state index contributed by atoms with van der Waals surface area (Å²) < 4.78 is 20.1. The molecule has 1 amide bonds. The quantitative estimate of drug-likeness (QED) is 0.466. The number of aliphatic hydroxyl groups is 1. The molecule has 2 fully saturated rings. The van der Waals surface area contributed by atoms with Gasteiger partial charge in [0, 0.05) is 37.3 Å². The number of morpholine rings is 1. The van der Waals surface area contributed by atoms with Crippen LogP contribution in [0.3, 0.4) is 0 Å². The van der Waals surface area contributed by atoms with Crippen LogP contribution in [0.2, 0.25) is 0 Å². The van der Waals surface area contributed by atoms with Gasteiger partial charge < -0.3 is 14.7 Å². The van der Waals surface area contributed by atoms with E-state index in [1.54, 1.807) is 48.5 Å². The van der Waals surface area contributed by atoms with Crippen LogP contribution in [0, 0.1) is 5.82 Å². The van der Waals surface area contributed by atoms with E-state index in [4.69, 9.17) is 4.74 Å². The number of rotatable bonds is 5. The highest BCUT2D eigenvalue weighted by Gasteiger charge is 2.46. The minimum atomic E-state index is -0.979. The molecule has 2 saturated heterocycles. The highest BCUT2D eigenvalue weighted by Crippen LogP contribution is 2.40. The third kappa shape index (κ3) is 3.86.